The third kappa shape index (κ3) is 5.26. The summed E-state index contributed by atoms with van der Waals surface area (Å²) in [5, 5.41) is 2.87. The van der Waals surface area contributed by atoms with E-state index in [2.05, 4.69) is 17.3 Å². The first-order valence-corrected chi connectivity index (χ1v) is 6.02. The van der Waals surface area contributed by atoms with Gasteiger partial charge in [-0.05, 0) is 39.3 Å². The van der Waals surface area contributed by atoms with Gasteiger partial charge in [0.05, 0.1) is 0 Å². The van der Waals surface area contributed by atoms with E-state index in [0.29, 0.717) is 12.8 Å². The Kier molecular flexibility index (Phi) is 5.46. The van der Waals surface area contributed by atoms with E-state index in [0.717, 1.165) is 25.4 Å². The lowest BCUT2D eigenvalue weighted by atomic mass is 10.1. The van der Waals surface area contributed by atoms with Gasteiger partial charge in [-0.25, -0.2) is 0 Å². The minimum absolute atomic E-state index is 0.00144. The zero-order valence-electron chi connectivity index (χ0n) is 10.3. The maximum atomic E-state index is 11.3. The fourth-order valence-electron chi connectivity index (χ4n) is 2.06. The zero-order valence-corrected chi connectivity index (χ0v) is 10.3. The summed E-state index contributed by atoms with van der Waals surface area (Å²) in [7, 11) is 2.13. The Hall–Kier alpha value is -0.900. The van der Waals surface area contributed by atoms with Crippen LogP contribution in [0.25, 0.3) is 0 Å². The Labute approximate surface area is 97.4 Å². The molecular formula is C12H22N2O2. The molecule has 1 saturated heterocycles. The number of ketones is 1. The minimum atomic E-state index is 0.00144. The Morgan fingerprint density at radius 3 is 2.69 bits per heavy atom. The number of nitrogens with one attached hydrogen (secondary N) is 1. The van der Waals surface area contributed by atoms with Crippen molar-refractivity contribution in [2.45, 2.75) is 32.6 Å². The van der Waals surface area contributed by atoms with E-state index in [1.165, 1.54) is 19.9 Å². The van der Waals surface area contributed by atoms with E-state index >= 15 is 0 Å². The van der Waals surface area contributed by atoms with Crippen LogP contribution in [0.5, 0.6) is 0 Å². The van der Waals surface area contributed by atoms with Gasteiger partial charge in [0.25, 0.3) is 0 Å². The zero-order chi connectivity index (χ0) is 12.0. The molecule has 0 bridgehead atoms. The van der Waals surface area contributed by atoms with E-state index in [1.807, 2.05) is 0 Å². The van der Waals surface area contributed by atoms with Gasteiger partial charge in [-0.3, -0.25) is 4.79 Å². The molecular weight excluding hydrogens is 204 g/mol. The Morgan fingerprint density at radius 2 is 2.12 bits per heavy atom. The molecule has 1 rings (SSSR count). The van der Waals surface area contributed by atoms with Crippen LogP contribution >= 0.6 is 0 Å². The fourth-order valence-corrected chi connectivity index (χ4v) is 2.06. The van der Waals surface area contributed by atoms with Crippen molar-refractivity contribution < 1.29 is 9.59 Å². The molecule has 0 aromatic carbocycles. The third-order valence-corrected chi connectivity index (χ3v) is 3.07. The van der Waals surface area contributed by atoms with Gasteiger partial charge in [-0.2, -0.15) is 0 Å². The van der Waals surface area contributed by atoms with E-state index in [4.69, 9.17) is 0 Å². The van der Waals surface area contributed by atoms with Crippen molar-refractivity contribution >= 4 is 11.7 Å². The van der Waals surface area contributed by atoms with Crippen LogP contribution in [0.2, 0.25) is 0 Å². The summed E-state index contributed by atoms with van der Waals surface area (Å²) >= 11 is 0. The summed E-state index contributed by atoms with van der Waals surface area (Å²) in [6, 6.07) is 0. The number of hydrogen-bond acceptors (Lipinski definition) is 3. The second-order valence-electron chi connectivity index (χ2n) is 4.76. The largest absolute Gasteiger partial charge is 0.356 e. The molecule has 1 atom stereocenters. The second-order valence-corrected chi connectivity index (χ2v) is 4.76. The fraction of sp³-hybridized carbons (Fsp3) is 0.833. The van der Waals surface area contributed by atoms with Crippen molar-refractivity contribution in [2.24, 2.45) is 5.92 Å². The molecule has 92 valence electrons. The number of Topliss-reactive ketones (excluding diaryl/α,β-unsaturated/α-hetero) is 1. The summed E-state index contributed by atoms with van der Waals surface area (Å²) in [6.07, 6.45) is 2.98. The molecule has 16 heavy (non-hydrogen) atoms. The number of carbonyl (C=O) groups is 2. The van der Waals surface area contributed by atoms with Gasteiger partial charge in [0.2, 0.25) is 5.91 Å². The highest BCUT2D eigenvalue weighted by Crippen LogP contribution is 2.16. The first-order valence-electron chi connectivity index (χ1n) is 6.02. The summed E-state index contributed by atoms with van der Waals surface area (Å²) < 4.78 is 0. The molecule has 0 aliphatic carbocycles. The van der Waals surface area contributed by atoms with Gasteiger partial charge < -0.3 is 15.0 Å². The van der Waals surface area contributed by atoms with Gasteiger partial charge in [0.1, 0.15) is 5.78 Å². The highest BCUT2D eigenvalue weighted by Gasteiger charge is 2.18. The van der Waals surface area contributed by atoms with Crippen molar-refractivity contribution in [2.75, 3.05) is 26.7 Å². The molecule has 1 N–H and O–H groups in total. The summed E-state index contributed by atoms with van der Waals surface area (Å²) in [5.41, 5.74) is 0. The number of likely N-dealkylation sites (tertiary alicyclic amines) is 1. The monoisotopic (exact) mass is 226 g/mol. The number of rotatable bonds is 6. The van der Waals surface area contributed by atoms with Crippen LogP contribution in [0.4, 0.5) is 0 Å². The molecule has 1 unspecified atom stereocenters. The van der Waals surface area contributed by atoms with E-state index in [-0.39, 0.29) is 11.7 Å². The molecule has 0 spiro atoms. The summed E-state index contributed by atoms with van der Waals surface area (Å²) in [4.78, 5) is 24.3. The number of carbonyl (C=O) groups excluding carboxylic acids is 2. The molecule has 0 radical (unpaired) electrons. The quantitative estimate of drug-likeness (QED) is 0.729. The smallest absolute Gasteiger partial charge is 0.220 e. The van der Waals surface area contributed by atoms with Crippen LogP contribution in [0.3, 0.4) is 0 Å². The standard InChI is InChI=1S/C12H22N2O2/c1-10(15)3-4-12(16)13-7-5-11-6-8-14(2)9-11/h11H,3-9H2,1-2H3,(H,13,16). The maximum Gasteiger partial charge on any atom is 0.220 e. The predicted molar refractivity (Wildman–Crippen MR) is 63.1 cm³/mol. The van der Waals surface area contributed by atoms with Crippen LogP contribution in [-0.2, 0) is 9.59 Å². The van der Waals surface area contributed by atoms with Crippen LogP contribution in [-0.4, -0.2) is 43.3 Å². The Morgan fingerprint density at radius 1 is 1.38 bits per heavy atom. The lowest BCUT2D eigenvalue weighted by molar-refractivity contribution is -0.124. The van der Waals surface area contributed by atoms with Crippen LogP contribution in [0, 0.1) is 5.92 Å². The number of nitrogens with zero attached hydrogens (tertiary/aromatic N) is 1. The van der Waals surface area contributed by atoms with Crippen molar-refractivity contribution in [1.82, 2.24) is 10.2 Å². The summed E-state index contributed by atoms with van der Waals surface area (Å²) in [6.45, 7) is 4.57. The Balaban J connectivity index is 2.02. The molecule has 1 amide bonds. The lowest BCUT2D eigenvalue weighted by Gasteiger charge is -2.10. The van der Waals surface area contributed by atoms with Crippen molar-refractivity contribution in [3.8, 4) is 0 Å². The molecule has 4 heteroatoms. The Bertz CT molecular complexity index is 253. The van der Waals surface area contributed by atoms with E-state index < -0.39 is 0 Å². The maximum absolute atomic E-state index is 11.3. The van der Waals surface area contributed by atoms with Gasteiger partial charge in [-0.1, -0.05) is 0 Å². The average Bonchev–Trinajstić information content (AvgIpc) is 2.61. The topological polar surface area (TPSA) is 49.4 Å². The van der Waals surface area contributed by atoms with Crippen LogP contribution in [0.15, 0.2) is 0 Å². The average molecular weight is 226 g/mol. The highest BCUT2D eigenvalue weighted by molar-refractivity contribution is 5.83. The molecule has 0 aromatic heterocycles. The molecule has 0 aromatic rings. The number of amides is 1. The molecule has 0 saturated carbocycles. The van der Waals surface area contributed by atoms with Crippen molar-refractivity contribution in [3.63, 3.8) is 0 Å². The second kappa shape index (κ2) is 6.63. The van der Waals surface area contributed by atoms with Crippen molar-refractivity contribution in [1.29, 1.82) is 0 Å². The molecule has 1 heterocycles. The first-order chi connectivity index (χ1) is 7.58. The van der Waals surface area contributed by atoms with E-state index in [1.54, 1.807) is 0 Å². The first kappa shape index (κ1) is 13.2. The number of hydrogen-bond donors (Lipinski definition) is 1. The normalized spacial score (nSPS) is 21.0. The molecule has 1 aliphatic heterocycles. The van der Waals surface area contributed by atoms with Crippen molar-refractivity contribution in [3.05, 3.63) is 0 Å². The van der Waals surface area contributed by atoms with Gasteiger partial charge in [-0.15, -0.1) is 0 Å². The third-order valence-electron chi connectivity index (χ3n) is 3.07. The predicted octanol–water partition coefficient (Wildman–Crippen LogP) is 0.814. The SMILES string of the molecule is CC(=O)CCC(=O)NCCC1CCN(C)C1. The molecule has 1 fully saturated rings. The highest BCUT2D eigenvalue weighted by atomic mass is 16.2. The van der Waals surface area contributed by atoms with Crippen LogP contribution in [0.1, 0.15) is 32.6 Å². The van der Waals surface area contributed by atoms with Gasteiger partial charge in [0, 0.05) is 25.9 Å². The van der Waals surface area contributed by atoms with Crippen LogP contribution < -0.4 is 5.32 Å². The lowest BCUT2D eigenvalue weighted by Crippen LogP contribution is -2.26. The van der Waals surface area contributed by atoms with E-state index in [9.17, 15) is 9.59 Å². The molecule has 4 nitrogen and oxygen atoms in total. The summed E-state index contributed by atoms with van der Waals surface area (Å²) in [5.74, 6) is 0.798. The van der Waals surface area contributed by atoms with Gasteiger partial charge >= 0.3 is 0 Å². The minimum Gasteiger partial charge on any atom is -0.356 e. The molecule has 1 aliphatic rings. The van der Waals surface area contributed by atoms with Gasteiger partial charge in [0.15, 0.2) is 0 Å².